The SMILES string of the molecule is Cc1cc(-c2ccc(Cl)c(C(=O)NC(O)C3CCCCCC3)c2)n(CCO)n1. The second-order valence-corrected chi connectivity index (χ2v) is 7.89. The van der Waals surface area contributed by atoms with Gasteiger partial charge < -0.3 is 15.5 Å². The molecule has 1 unspecified atom stereocenters. The molecule has 3 rings (SSSR count). The molecule has 1 aromatic heterocycles. The van der Waals surface area contributed by atoms with Gasteiger partial charge in [0.2, 0.25) is 0 Å². The number of carbonyl (C=O) groups is 1. The summed E-state index contributed by atoms with van der Waals surface area (Å²) in [5.41, 5.74) is 2.74. The third-order valence-corrected chi connectivity index (χ3v) is 5.68. The molecular weight excluding hydrogens is 378 g/mol. The van der Waals surface area contributed by atoms with E-state index < -0.39 is 6.23 Å². The van der Waals surface area contributed by atoms with Crippen LogP contribution in [0.2, 0.25) is 5.02 Å². The second-order valence-electron chi connectivity index (χ2n) is 7.48. The van der Waals surface area contributed by atoms with Crippen molar-refractivity contribution in [2.24, 2.45) is 5.92 Å². The molecule has 1 saturated carbocycles. The Morgan fingerprint density at radius 2 is 2.00 bits per heavy atom. The van der Waals surface area contributed by atoms with Gasteiger partial charge in [-0.3, -0.25) is 9.48 Å². The molecule has 1 heterocycles. The monoisotopic (exact) mass is 405 g/mol. The fraction of sp³-hybridized carbons (Fsp3) is 0.524. The van der Waals surface area contributed by atoms with Crippen LogP contribution < -0.4 is 5.32 Å². The smallest absolute Gasteiger partial charge is 0.254 e. The number of aryl methyl sites for hydroxylation is 1. The van der Waals surface area contributed by atoms with Crippen molar-refractivity contribution in [1.82, 2.24) is 15.1 Å². The van der Waals surface area contributed by atoms with Crippen LogP contribution in [0.5, 0.6) is 0 Å². The van der Waals surface area contributed by atoms with Crippen molar-refractivity contribution in [3.8, 4) is 11.3 Å². The largest absolute Gasteiger partial charge is 0.394 e. The highest BCUT2D eigenvalue weighted by atomic mass is 35.5. The Labute approximate surface area is 170 Å². The van der Waals surface area contributed by atoms with E-state index in [0.717, 1.165) is 42.6 Å². The van der Waals surface area contributed by atoms with Crippen LogP contribution in [0, 0.1) is 12.8 Å². The maximum Gasteiger partial charge on any atom is 0.254 e. The van der Waals surface area contributed by atoms with Gasteiger partial charge >= 0.3 is 0 Å². The Kier molecular flexibility index (Phi) is 7.10. The number of carbonyl (C=O) groups excluding carboxylic acids is 1. The lowest BCUT2D eigenvalue weighted by atomic mass is 9.98. The summed E-state index contributed by atoms with van der Waals surface area (Å²) in [6, 6.07) is 7.11. The summed E-state index contributed by atoms with van der Waals surface area (Å²) < 4.78 is 1.71. The molecule has 28 heavy (non-hydrogen) atoms. The number of hydrogen-bond acceptors (Lipinski definition) is 4. The minimum atomic E-state index is -0.868. The molecule has 0 saturated heterocycles. The van der Waals surface area contributed by atoms with Crippen LogP contribution >= 0.6 is 11.6 Å². The molecule has 0 spiro atoms. The molecule has 7 heteroatoms. The van der Waals surface area contributed by atoms with E-state index in [2.05, 4.69) is 10.4 Å². The highest BCUT2D eigenvalue weighted by molar-refractivity contribution is 6.34. The summed E-state index contributed by atoms with van der Waals surface area (Å²) >= 11 is 6.28. The van der Waals surface area contributed by atoms with Crippen molar-refractivity contribution < 1.29 is 15.0 Å². The molecule has 0 radical (unpaired) electrons. The summed E-state index contributed by atoms with van der Waals surface area (Å²) in [6.45, 7) is 2.22. The predicted octanol–water partition coefficient (Wildman–Crippen LogP) is 3.52. The summed E-state index contributed by atoms with van der Waals surface area (Å²) in [5, 5.41) is 27.2. The van der Waals surface area contributed by atoms with Gasteiger partial charge in [0.1, 0.15) is 6.23 Å². The number of hydrogen-bond donors (Lipinski definition) is 3. The Morgan fingerprint density at radius 3 is 2.68 bits per heavy atom. The molecule has 1 amide bonds. The molecule has 3 N–H and O–H groups in total. The first-order chi connectivity index (χ1) is 13.5. The van der Waals surface area contributed by atoms with Crippen molar-refractivity contribution in [1.29, 1.82) is 0 Å². The number of nitrogens with zero attached hydrogens (tertiary/aromatic N) is 2. The number of nitrogens with one attached hydrogen (secondary N) is 1. The van der Waals surface area contributed by atoms with E-state index in [-0.39, 0.29) is 18.4 Å². The van der Waals surface area contributed by atoms with Crippen LogP contribution in [-0.2, 0) is 6.54 Å². The topological polar surface area (TPSA) is 87.4 Å². The van der Waals surface area contributed by atoms with Gasteiger partial charge in [0.25, 0.3) is 5.91 Å². The molecule has 2 aromatic rings. The average Bonchev–Trinajstić information content (AvgIpc) is 2.86. The van der Waals surface area contributed by atoms with Gasteiger partial charge in [-0.05, 0) is 38.0 Å². The van der Waals surface area contributed by atoms with Gasteiger partial charge in [0, 0.05) is 11.5 Å². The zero-order valence-corrected chi connectivity index (χ0v) is 17.0. The highest BCUT2D eigenvalue weighted by Crippen LogP contribution is 2.28. The molecule has 1 fully saturated rings. The third kappa shape index (κ3) is 4.93. The minimum absolute atomic E-state index is 0.0252. The normalized spacial score (nSPS) is 16.6. The lowest BCUT2D eigenvalue weighted by Gasteiger charge is -2.22. The maximum atomic E-state index is 12.8. The van der Waals surface area contributed by atoms with Crippen molar-refractivity contribution >= 4 is 17.5 Å². The molecular formula is C21H28ClN3O3. The number of aliphatic hydroxyl groups is 2. The second kappa shape index (κ2) is 9.54. The zero-order valence-electron chi connectivity index (χ0n) is 16.2. The van der Waals surface area contributed by atoms with Crippen molar-refractivity contribution in [2.45, 2.75) is 58.2 Å². The van der Waals surface area contributed by atoms with Crippen LogP contribution in [0.15, 0.2) is 24.3 Å². The molecule has 1 aliphatic carbocycles. The maximum absolute atomic E-state index is 12.8. The van der Waals surface area contributed by atoms with Crippen LogP contribution in [0.3, 0.4) is 0 Å². The molecule has 1 aromatic carbocycles. The van der Waals surface area contributed by atoms with E-state index in [0.29, 0.717) is 17.1 Å². The number of aliphatic hydroxyl groups excluding tert-OH is 2. The molecule has 152 valence electrons. The first-order valence-electron chi connectivity index (χ1n) is 9.93. The lowest BCUT2D eigenvalue weighted by Crippen LogP contribution is -2.40. The number of halogens is 1. The van der Waals surface area contributed by atoms with Crippen LogP contribution in [0.4, 0.5) is 0 Å². The van der Waals surface area contributed by atoms with Crippen molar-refractivity contribution in [2.75, 3.05) is 6.61 Å². The quantitative estimate of drug-likeness (QED) is 0.506. The first-order valence-corrected chi connectivity index (χ1v) is 10.3. The number of rotatable bonds is 6. The molecule has 1 aliphatic rings. The van der Waals surface area contributed by atoms with Gasteiger partial charge in [-0.2, -0.15) is 5.10 Å². The van der Waals surface area contributed by atoms with Gasteiger partial charge in [-0.1, -0.05) is 43.4 Å². The Bertz CT molecular complexity index is 813. The Balaban J connectivity index is 1.80. The van der Waals surface area contributed by atoms with Crippen LogP contribution in [0.1, 0.15) is 54.6 Å². The van der Waals surface area contributed by atoms with Gasteiger partial charge in [-0.15, -0.1) is 0 Å². The van der Waals surface area contributed by atoms with E-state index in [9.17, 15) is 15.0 Å². The standard InChI is InChI=1S/C21H28ClN3O3/c1-14-12-19(25(24-14)10-11-26)16-8-9-18(22)17(13-16)21(28)23-20(27)15-6-4-2-3-5-7-15/h8-9,12-13,15,20,26-27H,2-7,10-11H2,1H3,(H,23,28). The molecule has 1 atom stereocenters. The van der Waals surface area contributed by atoms with E-state index in [1.165, 1.54) is 12.8 Å². The molecule has 6 nitrogen and oxygen atoms in total. The Hall–Kier alpha value is -1.89. The van der Waals surface area contributed by atoms with Crippen molar-refractivity contribution in [3.05, 3.63) is 40.5 Å². The predicted molar refractivity (Wildman–Crippen MR) is 109 cm³/mol. The van der Waals surface area contributed by atoms with Crippen molar-refractivity contribution in [3.63, 3.8) is 0 Å². The Morgan fingerprint density at radius 1 is 1.29 bits per heavy atom. The zero-order chi connectivity index (χ0) is 20.1. The van der Waals surface area contributed by atoms with Gasteiger partial charge in [-0.25, -0.2) is 0 Å². The third-order valence-electron chi connectivity index (χ3n) is 5.35. The van der Waals surface area contributed by atoms with E-state index in [4.69, 9.17) is 11.6 Å². The molecule has 0 aliphatic heterocycles. The summed E-state index contributed by atoms with van der Waals surface area (Å²) in [7, 11) is 0. The lowest BCUT2D eigenvalue weighted by molar-refractivity contribution is 0.0532. The number of aromatic nitrogens is 2. The first kappa shape index (κ1) is 20.8. The van der Waals surface area contributed by atoms with E-state index in [1.54, 1.807) is 16.8 Å². The number of benzene rings is 1. The summed E-state index contributed by atoms with van der Waals surface area (Å²) in [4.78, 5) is 12.8. The number of amides is 1. The molecule has 0 bridgehead atoms. The highest BCUT2D eigenvalue weighted by Gasteiger charge is 2.24. The van der Waals surface area contributed by atoms with E-state index in [1.807, 2.05) is 19.1 Å². The van der Waals surface area contributed by atoms with Gasteiger partial charge in [0.05, 0.1) is 35.1 Å². The van der Waals surface area contributed by atoms with E-state index >= 15 is 0 Å². The minimum Gasteiger partial charge on any atom is -0.394 e. The summed E-state index contributed by atoms with van der Waals surface area (Å²) in [6.07, 6.45) is 5.53. The van der Waals surface area contributed by atoms with Gasteiger partial charge in [0.15, 0.2) is 0 Å². The fourth-order valence-electron chi connectivity index (χ4n) is 3.86. The summed E-state index contributed by atoms with van der Waals surface area (Å²) in [5.74, 6) is -0.296. The fourth-order valence-corrected chi connectivity index (χ4v) is 4.06. The van der Waals surface area contributed by atoms with Crippen LogP contribution in [-0.4, -0.2) is 38.7 Å². The van der Waals surface area contributed by atoms with Crippen LogP contribution in [0.25, 0.3) is 11.3 Å². The average molecular weight is 406 g/mol.